The molecule has 1 aliphatic rings. The topological polar surface area (TPSA) is 85.2 Å². The molecule has 0 spiro atoms. The van der Waals surface area contributed by atoms with Crippen molar-refractivity contribution in [3.05, 3.63) is 41.0 Å². The Balaban J connectivity index is 1.88. The Hall–Kier alpha value is -2.37. The van der Waals surface area contributed by atoms with Crippen LogP contribution in [-0.4, -0.2) is 27.5 Å². The van der Waals surface area contributed by atoms with Crippen molar-refractivity contribution in [1.29, 1.82) is 0 Å². The molecule has 1 aliphatic heterocycles. The second-order valence-electron chi connectivity index (χ2n) is 5.41. The molecule has 3 heterocycles. The Morgan fingerprint density at radius 3 is 2.81 bits per heavy atom. The van der Waals surface area contributed by atoms with E-state index in [1.807, 2.05) is 30.9 Å². The molecule has 0 saturated carbocycles. The first-order valence-corrected chi connectivity index (χ1v) is 7.03. The number of aromatic nitrogens is 2. The van der Waals surface area contributed by atoms with E-state index >= 15 is 0 Å². The Labute approximate surface area is 123 Å². The Bertz CT molecular complexity index is 663. The van der Waals surface area contributed by atoms with Crippen LogP contribution in [0.4, 0.5) is 5.82 Å². The van der Waals surface area contributed by atoms with Gasteiger partial charge in [-0.3, -0.25) is 4.79 Å². The fourth-order valence-corrected chi connectivity index (χ4v) is 2.83. The van der Waals surface area contributed by atoms with E-state index in [9.17, 15) is 4.79 Å². The predicted octanol–water partition coefficient (Wildman–Crippen LogP) is 2.25. The van der Waals surface area contributed by atoms with Crippen molar-refractivity contribution in [1.82, 2.24) is 15.1 Å². The van der Waals surface area contributed by atoms with Gasteiger partial charge < -0.3 is 15.1 Å². The maximum absolute atomic E-state index is 12.7. The van der Waals surface area contributed by atoms with E-state index in [0.717, 1.165) is 29.9 Å². The van der Waals surface area contributed by atoms with Gasteiger partial charge in [0.15, 0.2) is 5.76 Å². The minimum absolute atomic E-state index is 0.0598. The summed E-state index contributed by atoms with van der Waals surface area (Å²) < 4.78 is 5.54. The van der Waals surface area contributed by atoms with Gasteiger partial charge in [-0.05, 0) is 44.9 Å². The summed E-state index contributed by atoms with van der Waals surface area (Å²) in [5.41, 5.74) is 7.21. The molecule has 2 N–H and O–H groups in total. The van der Waals surface area contributed by atoms with Crippen molar-refractivity contribution in [2.75, 3.05) is 12.3 Å². The van der Waals surface area contributed by atoms with Crippen LogP contribution in [0, 0.1) is 13.8 Å². The van der Waals surface area contributed by atoms with Crippen LogP contribution in [0.1, 0.15) is 46.5 Å². The van der Waals surface area contributed by atoms with Gasteiger partial charge in [0.05, 0.1) is 11.7 Å². The molecule has 1 amide bonds. The van der Waals surface area contributed by atoms with E-state index in [2.05, 4.69) is 10.2 Å². The molecule has 0 aromatic carbocycles. The van der Waals surface area contributed by atoms with Gasteiger partial charge >= 0.3 is 0 Å². The molecule has 2 aromatic rings. The number of anilines is 1. The number of hydrogen-bond acceptors (Lipinski definition) is 5. The van der Waals surface area contributed by atoms with Gasteiger partial charge in [-0.2, -0.15) is 5.10 Å². The quantitative estimate of drug-likeness (QED) is 0.915. The number of nitrogens with two attached hydrogens (primary N) is 1. The third-order valence-electron chi connectivity index (χ3n) is 3.80. The summed E-state index contributed by atoms with van der Waals surface area (Å²) in [6.45, 7) is 4.43. The van der Waals surface area contributed by atoms with Gasteiger partial charge in [0.2, 0.25) is 0 Å². The van der Waals surface area contributed by atoms with E-state index < -0.39 is 0 Å². The van der Waals surface area contributed by atoms with Crippen LogP contribution in [0.2, 0.25) is 0 Å². The summed E-state index contributed by atoms with van der Waals surface area (Å²) in [6, 6.07) is 5.36. The molecule has 21 heavy (non-hydrogen) atoms. The first kappa shape index (κ1) is 13.6. The smallest absolute Gasteiger partial charge is 0.290 e. The molecule has 110 valence electrons. The second-order valence-corrected chi connectivity index (χ2v) is 5.41. The van der Waals surface area contributed by atoms with E-state index in [-0.39, 0.29) is 11.9 Å². The van der Waals surface area contributed by atoms with Crippen LogP contribution in [0.3, 0.4) is 0 Å². The average Bonchev–Trinajstić information content (AvgIpc) is 3.05. The average molecular weight is 286 g/mol. The SMILES string of the molecule is Cc1cc(C)c(C(=O)N2CCCC2c2ccc(N)nn2)o1. The van der Waals surface area contributed by atoms with Gasteiger partial charge in [0.1, 0.15) is 11.6 Å². The Kier molecular flexibility index (Phi) is 3.37. The minimum Gasteiger partial charge on any atom is -0.456 e. The number of amides is 1. The van der Waals surface area contributed by atoms with Crippen LogP contribution in [0.5, 0.6) is 0 Å². The zero-order valence-electron chi connectivity index (χ0n) is 12.2. The summed E-state index contributed by atoms with van der Waals surface area (Å²) >= 11 is 0. The lowest BCUT2D eigenvalue weighted by atomic mass is 10.1. The van der Waals surface area contributed by atoms with Crippen LogP contribution < -0.4 is 5.73 Å². The first-order valence-electron chi connectivity index (χ1n) is 7.03. The number of rotatable bonds is 2. The molecule has 1 saturated heterocycles. The number of aryl methyl sites for hydroxylation is 2. The number of likely N-dealkylation sites (tertiary alicyclic amines) is 1. The van der Waals surface area contributed by atoms with E-state index in [1.54, 1.807) is 6.07 Å². The highest BCUT2D eigenvalue weighted by molar-refractivity contribution is 5.93. The van der Waals surface area contributed by atoms with Crippen LogP contribution >= 0.6 is 0 Å². The van der Waals surface area contributed by atoms with Crippen molar-refractivity contribution in [3.63, 3.8) is 0 Å². The summed E-state index contributed by atoms with van der Waals surface area (Å²) in [5.74, 6) is 1.47. The predicted molar refractivity (Wildman–Crippen MR) is 77.6 cm³/mol. The summed E-state index contributed by atoms with van der Waals surface area (Å²) in [6.07, 6.45) is 1.82. The van der Waals surface area contributed by atoms with Crippen LogP contribution in [0.15, 0.2) is 22.6 Å². The number of furan rings is 1. The minimum atomic E-state index is -0.0817. The highest BCUT2D eigenvalue weighted by Gasteiger charge is 2.33. The highest BCUT2D eigenvalue weighted by atomic mass is 16.4. The molecule has 1 unspecified atom stereocenters. The van der Waals surface area contributed by atoms with E-state index in [0.29, 0.717) is 18.1 Å². The third kappa shape index (κ3) is 2.49. The summed E-state index contributed by atoms with van der Waals surface area (Å²) in [4.78, 5) is 14.5. The second kappa shape index (κ2) is 5.20. The van der Waals surface area contributed by atoms with Crippen LogP contribution in [0.25, 0.3) is 0 Å². The Morgan fingerprint density at radius 2 is 2.19 bits per heavy atom. The maximum atomic E-state index is 12.7. The molecule has 0 aliphatic carbocycles. The van der Waals surface area contributed by atoms with Gasteiger partial charge in [-0.15, -0.1) is 5.10 Å². The zero-order valence-corrected chi connectivity index (χ0v) is 12.2. The first-order chi connectivity index (χ1) is 10.1. The zero-order chi connectivity index (χ0) is 15.0. The highest BCUT2D eigenvalue weighted by Crippen LogP contribution is 2.32. The fraction of sp³-hybridized carbons (Fsp3) is 0.400. The number of carbonyl (C=O) groups is 1. The molecule has 6 nitrogen and oxygen atoms in total. The largest absolute Gasteiger partial charge is 0.456 e. The monoisotopic (exact) mass is 286 g/mol. The van der Waals surface area contributed by atoms with E-state index in [4.69, 9.17) is 10.2 Å². The van der Waals surface area contributed by atoms with Crippen molar-refractivity contribution in [3.8, 4) is 0 Å². The lowest BCUT2D eigenvalue weighted by molar-refractivity contribution is 0.0697. The number of carbonyl (C=O) groups excluding carboxylic acids is 1. The molecular weight excluding hydrogens is 268 g/mol. The summed E-state index contributed by atoms with van der Waals surface area (Å²) in [5, 5.41) is 7.99. The summed E-state index contributed by atoms with van der Waals surface area (Å²) in [7, 11) is 0. The van der Waals surface area contributed by atoms with Gasteiger partial charge in [-0.25, -0.2) is 0 Å². The molecule has 3 rings (SSSR count). The lowest BCUT2D eigenvalue weighted by Crippen LogP contribution is -2.31. The molecule has 1 fully saturated rings. The van der Waals surface area contributed by atoms with E-state index in [1.165, 1.54) is 0 Å². The van der Waals surface area contributed by atoms with Crippen molar-refractivity contribution in [2.24, 2.45) is 0 Å². The molecular formula is C15H18N4O2. The van der Waals surface area contributed by atoms with Crippen molar-refractivity contribution >= 4 is 11.7 Å². The van der Waals surface area contributed by atoms with Gasteiger partial charge in [0, 0.05) is 12.1 Å². The van der Waals surface area contributed by atoms with Crippen molar-refractivity contribution in [2.45, 2.75) is 32.7 Å². The third-order valence-corrected chi connectivity index (χ3v) is 3.80. The number of nitrogens with zero attached hydrogens (tertiary/aromatic N) is 3. The van der Waals surface area contributed by atoms with Gasteiger partial charge in [-0.1, -0.05) is 0 Å². The molecule has 6 heteroatoms. The Morgan fingerprint density at radius 1 is 1.38 bits per heavy atom. The lowest BCUT2D eigenvalue weighted by Gasteiger charge is -2.23. The number of hydrogen-bond donors (Lipinski definition) is 1. The molecule has 0 bridgehead atoms. The molecule has 2 aromatic heterocycles. The van der Waals surface area contributed by atoms with Crippen LogP contribution in [-0.2, 0) is 0 Å². The van der Waals surface area contributed by atoms with Crippen molar-refractivity contribution < 1.29 is 9.21 Å². The van der Waals surface area contributed by atoms with Gasteiger partial charge in [0.25, 0.3) is 5.91 Å². The normalized spacial score (nSPS) is 18.2. The maximum Gasteiger partial charge on any atom is 0.290 e. The fourth-order valence-electron chi connectivity index (χ4n) is 2.83. The number of nitrogen functional groups attached to an aromatic ring is 1. The molecule has 0 radical (unpaired) electrons. The standard InChI is InChI=1S/C15H18N4O2/c1-9-8-10(2)21-14(9)15(20)19-7-3-4-12(19)11-5-6-13(16)18-17-11/h5-6,8,12H,3-4,7H2,1-2H3,(H2,16,18). The molecule has 1 atom stereocenters.